The molecule has 0 heterocycles. The van der Waals surface area contributed by atoms with E-state index in [2.05, 4.69) is 5.32 Å². The van der Waals surface area contributed by atoms with Crippen LogP contribution in [0.15, 0.2) is 0 Å². The van der Waals surface area contributed by atoms with Crippen LogP contribution >= 0.6 is 0 Å². The van der Waals surface area contributed by atoms with Crippen LogP contribution in [0.4, 0.5) is 0 Å². The molecule has 0 spiro atoms. The third kappa shape index (κ3) is 9.80. The minimum atomic E-state index is -0.227. The van der Waals surface area contributed by atoms with Crippen LogP contribution in [0.3, 0.4) is 0 Å². The van der Waals surface area contributed by atoms with Crippen LogP contribution in [0.25, 0.3) is 0 Å². The Morgan fingerprint density at radius 2 is 2.00 bits per heavy atom. The molecule has 0 saturated carbocycles. The van der Waals surface area contributed by atoms with Crippen molar-refractivity contribution in [3.63, 3.8) is 0 Å². The van der Waals surface area contributed by atoms with Crippen molar-refractivity contribution < 1.29 is 9.84 Å². The van der Waals surface area contributed by atoms with Gasteiger partial charge in [-0.1, -0.05) is 6.92 Å². The average Bonchev–Trinajstić information content (AvgIpc) is 2.01. The lowest BCUT2D eigenvalue weighted by atomic mass is 10.2. The van der Waals surface area contributed by atoms with E-state index in [1.54, 1.807) is 0 Å². The van der Waals surface area contributed by atoms with Gasteiger partial charge >= 0.3 is 0 Å². The molecule has 0 radical (unpaired) electrons. The van der Waals surface area contributed by atoms with Gasteiger partial charge in [-0.05, 0) is 27.2 Å². The summed E-state index contributed by atoms with van der Waals surface area (Å²) in [6.07, 6.45) is 0.572. The highest BCUT2D eigenvalue weighted by Gasteiger charge is 2.08. The first kappa shape index (κ1) is 12.9. The molecule has 13 heavy (non-hydrogen) atoms. The van der Waals surface area contributed by atoms with Gasteiger partial charge in [0, 0.05) is 13.1 Å². The van der Waals surface area contributed by atoms with Crippen molar-refractivity contribution in [2.75, 3.05) is 19.7 Å². The maximum atomic E-state index is 9.21. The summed E-state index contributed by atoms with van der Waals surface area (Å²) < 4.78 is 5.50. The number of hydrogen-bond donors (Lipinski definition) is 2. The molecule has 0 aliphatic carbocycles. The smallest absolute Gasteiger partial charge is 0.0662 e. The van der Waals surface area contributed by atoms with E-state index in [0.29, 0.717) is 13.2 Å². The Morgan fingerprint density at radius 1 is 1.38 bits per heavy atom. The maximum Gasteiger partial charge on any atom is 0.0662 e. The highest BCUT2D eigenvalue weighted by atomic mass is 16.5. The molecule has 3 nitrogen and oxygen atoms in total. The molecule has 2 N–H and O–H groups in total. The second-order valence-electron chi connectivity index (χ2n) is 4.23. The van der Waals surface area contributed by atoms with Crippen LogP contribution in [-0.4, -0.2) is 36.5 Å². The first-order valence-corrected chi connectivity index (χ1v) is 4.98. The van der Waals surface area contributed by atoms with Crippen LogP contribution in [0.1, 0.15) is 34.1 Å². The van der Waals surface area contributed by atoms with Crippen molar-refractivity contribution in [2.45, 2.75) is 45.8 Å². The fourth-order valence-electron chi connectivity index (χ4n) is 0.842. The Kier molecular flexibility index (Phi) is 6.29. The maximum absolute atomic E-state index is 9.21. The number of rotatable bonds is 6. The molecule has 0 aromatic heterocycles. The first-order valence-electron chi connectivity index (χ1n) is 4.98. The monoisotopic (exact) mass is 189 g/mol. The summed E-state index contributed by atoms with van der Waals surface area (Å²) in [6.45, 7) is 10.2. The highest BCUT2D eigenvalue weighted by molar-refractivity contribution is 4.60. The summed E-state index contributed by atoms with van der Waals surface area (Å²) in [7, 11) is 0. The van der Waals surface area contributed by atoms with E-state index in [0.717, 1.165) is 13.0 Å². The number of nitrogens with one attached hydrogen (secondary N) is 1. The third-order valence-electron chi connectivity index (χ3n) is 1.67. The molecule has 1 atom stereocenters. The van der Waals surface area contributed by atoms with E-state index in [4.69, 9.17) is 4.74 Å². The van der Waals surface area contributed by atoms with Crippen LogP contribution in [0.2, 0.25) is 0 Å². The Morgan fingerprint density at radius 3 is 2.46 bits per heavy atom. The minimum absolute atomic E-state index is 0.0644. The zero-order chi connectivity index (χ0) is 10.3. The molecule has 80 valence electrons. The third-order valence-corrected chi connectivity index (χ3v) is 1.67. The van der Waals surface area contributed by atoms with Gasteiger partial charge in [-0.2, -0.15) is 0 Å². The standard InChI is InChI=1S/C10H23NO2/c1-5-9(12)8-11-6-7-13-10(2,3)4/h9,11-12H,5-8H2,1-4H3. The van der Waals surface area contributed by atoms with Crippen LogP contribution < -0.4 is 5.32 Å². The van der Waals surface area contributed by atoms with Crippen LogP contribution in [0, 0.1) is 0 Å². The molecule has 0 rings (SSSR count). The summed E-state index contributed by atoms with van der Waals surface area (Å²) in [5.41, 5.74) is -0.0644. The molecule has 0 aliphatic heterocycles. The molecule has 0 aromatic rings. The fraction of sp³-hybridized carbons (Fsp3) is 1.00. The number of aliphatic hydroxyl groups excluding tert-OH is 1. The molecule has 0 aromatic carbocycles. The molecule has 0 saturated heterocycles. The molecule has 1 unspecified atom stereocenters. The Labute approximate surface area is 81.5 Å². The lowest BCUT2D eigenvalue weighted by molar-refractivity contribution is -0.00157. The Hall–Kier alpha value is -0.120. The molecule has 0 aliphatic rings. The van der Waals surface area contributed by atoms with E-state index < -0.39 is 0 Å². The van der Waals surface area contributed by atoms with Gasteiger partial charge in [-0.15, -0.1) is 0 Å². The predicted molar refractivity (Wildman–Crippen MR) is 54.9 cm³/mol. The largest absolute Gasteiger partial charge is 0.392 e. The van der Waals surface area contributed by atoms with Gasteiger partial charge in [-0.25, -0.2) is 0 Å². The van der Waals surface area contributed by atoms with E-state index in [1.807, 2.05) is 27.7 Å². The highest BCUT2D eigenvalue weighted by Crippen LogP contribution is 2.04. The SMILES string of the molecule is CCC(O)CNCCOC(C)(C)C. The molecule has 0 bridgehead atoms. The Balaban J connectivity index is 3.18. The molecule has 0 amide bonds. The topological polar surface area (TPSA) is 41.5 Å². The second kappa shape index (κ2) is 6.35. The number of hydrogen-bond acceptors (Lipinski definition) is 3. The van der Waals surface area contributed by atoms with Gasteiger partial charge in [0.25, 0.3) is 0 Å². The first-order chi connectivity index (χ1) is 5.95. The Bertz CT molecular complexity index is 121. The fourth-order valence-corrected chi connectivity index (χ4v) is 0.842. The second-order valence-corrected chi connectivity index (χ2v) is 4.23. The quantitative estimate of drug-likeness (QED) is 0.616. The average molecular weight is 189 g/mol. The molecular weight excluding hydrogens is 166 g/mol. The van der Waals surface area contributed by atoms with Gasteiger partial charge in [-0.3, -0.25) is 0 Å². The van der Waals surface area contributed by atoms with Crippen molar-refractivity contribution in [3.05, 3.63) is 0 Å². The van der Waals surface area contributed by atoms with Crippen molar-refractivity contribution in [2.24, 2.45) is 0 Å². The molecule has 0 fully saturated rings. The predicted octanol–water partition coefficient (Wildman–Crippen LogP) is 1.16. The normalized spacial score (nSPS) is 14.5. The van der Waals surface area contributed by atoms with Crippen LogP contribution in [-0.2, 0) is 4.74 Å². The summed E-state index contributed by atoms with van der Waals surface area (Å²) in [5.74, 6) is 0. The van der Waals surface area contributed by atoms with Gasteiger partial charge in [0.05, 0.1) is 18.3 Å². The van der Waals surface area contributed by atoms with Gasteiger partial charge < -0.3 is 15.2 Å². The van der Waals surface area contributed by atoms with E-state index in [-0.39, 0.29) is 11.7 Å². The van der Waals surface area contributed by atoms with Crippen LogP contribution in [0.5, 0.6) is 0 Å². The molecular formula is C10H23NO2. The van der Waals surface area contributed by atoms with Crippen molar-refractivity contribution >= 4 is 0 Å². The molecule has 3 heteroatoms. The zero-order valence-electron chi connectivity index (χ0n) is 9.26. The van der Waals surface area contributed by atoms with E-state index >= 15 is 0 Å². The van der Waals surface area contributed by atoms with E-state index in [1.165, 1.54) is 0 Å². The lowest BCUT2D eigenvalue weighted by Gasteiger charge is -2.19. The van der Waals surface area contributed by atoms with Gasteiger partial charge in [0.15, 0.2) is 0 Å². The lowest BCUT2D eigenvalue weighted by Crippen LogP contribution is -2.31. The zero-order valence-corrected chi connectivity index (χ0v) is 9.26. The van der Waals surface area contributed by atoms with Crippen molar-refractivity contribution in [3.8, 4) is 0 Å². The summed E-state index contributed by atoms with van der Waals surface area (Å²) in [4.78, 5) is 0. The number of ether oxygens (including phenoxy) is 1. The summed E-state index contributed by atoms with van der Waals surface area (Å²) >= 11 is 0. The van der Waals surface area contributed by atoms with Gasteiger partial charge in [0.1, 0.15) is 0 Å². The minimum Gasteiger partial charge on any atom is -0.392 e. The van der Waals surface area contributed by atoms with Crippen molar-refractivity contribution in [1.29, 1.82) is 0 Å². The van der Waals surface area contributed by atoms with E-state index in [9.17, 15) is 5.11 Å². The van der Waals surface area contributed by atoms with Crippen molar-refractivity contribution in [1.82, 2.24) is 5.32 Å². The summed E-state index contributed by atoms with van der Waals surface area (Å²) in [6, 6.07) is 0. The number of aliphatic hydroxyl groups is 1. The van der Waals surface area contributed by atoms with Gasteiger partial charge in [0.2, 0.25) is 0 Å². The summed E-state index contributed by atoms with van der Waals surface area (Å²) in [5, 5.41) is 12.3.